The summed E-state index contributed by atoms with van der Waals surface area (Å²) in [5.41, 5.74) is -0.153. The van der Waals surface area contributed by atoms with E-state index in [1.807, 2.05) is 18.2 Å². The molecule has 0 saturated heterocycles. The highest BCUT2D eigenvalue weighted by molar-refractivity contribution is 5.80. The molecule has 21 heavy (non-hydrogen) atoms. The fraction of sp³-hybridized carbons (Fsp3) is 0.0714. The third-order valence-electron chi connectivity index (χ3n) is 3.21. The predicted molar refractivity (Wildman–Crippen MR) is 75.9 cm³/mol. The second-order valence-electron chi connectivity index (χ2n) is 4.59. The molecule has 0 aliphatic carbocycles. The molecule has 3 heterocycles. The molecule has 0 fully saturated rings. The van der Waals surface area contributed by atoms with Crippen molar-refractivity contribution in [2.24, 2.45) is 0 Å². The van der Waals surface area contributed by atoms with Crippen molar-refractivity contribution in [2.75, 3.05) is 0 Å². The van der Waals surface area contributed by atoms with E-state index in [0.717, 1.165) is 5.39 Å². The normalized spacial score (nSPS) is 11.2. The molecule has 0 saturated carbocycles. The zero-order valence-corrected chi connectivity index (χ0v) is 10.9. The second kappa shape index (κ2) is 4.48. The zero-order chi connectivity index (χ0) is 14.2. The summed E-state index contributed by atoms with van der Waals surface area (Å²) in [6.07, 6.45) is 5.08. The zero-order valence-electron chi connectivity index (χ0n) is 10.9. The minimum absolute atomic E-state index is 0.153. The van der Waals surface area contributed by atoms with Crippen LogP contribution < -0.4 is 5.56 Å². The quantitative estimate of drug-likeness (QED) is 0.544. The minimum atomic E-state index is -0.153. The van der Waals surface area contributed by atoms with Crippen LogP contribution in [0.1, 0.15) is 5.82 Å². The van der Waals surface area contributed by atoms with Gasteiger partial charge in [-0.25, -0.2) is 14.2 Å². The van der Waals surface area contributed by atoms with Gasteiger partial charge in [0.05, 0.1) is 11.6 Å². The van der Waals surface area contributed by atoms with Crippen molar-refractivity contribution in [2.45, 2.75) is 6.54 Å². The van der Waals surface area contributed by atoms with Crippen LogP contribution in [0.25, 0.3) is 16.6 Å². The molecule has 4 rings (SSSR count). The van der Waals surface area contributed by atoms with Gasteiger partial charge in [-0.2, -0.15) is 10.1 Å². The first-order valence-corrected chi connectivity index (χ1v) is 6.42. The van der Waals surface area contributed by atoms with Crippen molar-refractivity contribution >= 4 is 16.6 Å². The highest BCUT2D eigenvalue weighted by Gasteiger charge is 2.08. The summed E-state index contributed by atoms with van der Waals surface area (Å²) < 4.78 is 2.93. The third-order valence-corrected chi connectivity index (χ3v) is 3.21. The molecule has 0 bridgehead atoms. The molecule has 0 atom stereocenters. The Morgan fingerprint density at radius 3 is 2.95 bits per heavy atom. The summed E-state index contributed by atoms with van der Waals surface area (Å²) in [5.74, 6) is 1.000. The minimum Gasteiger partial charge on any atom is -0.267 e. The Hall–Kier alpha value is -3.09. The van der Waals surface area contributed by atoms with Crippen molar-refractivity contribution in [3.05, 3.63) is 65.1 Å². The first-order valence-electron chi connectivity index (χ1n) is 6.42. The van der Waals surface area contributed by atoms with Gasteiger partial charge in [0.1, 0.15) is 6.54 Å². The number of benzene rings is 1. The number of rotatable bonds is 2. The third kappa shape index (κ3) is 1.95. The first-order chi connectivity index (χ1) is 10.3. The summed E-state index contributed by atoms with van der Waals surface area (Å²) >= 11 is 0. The van der Waals surface area contributed by atoms with Crippen molar-refractivity contribution in [1.82, 2.24) is 29.4 Å². The lowest BCUT2D eigenvalue weighted by atomic mass is 10.2. The molecule has 7 heteroatoms. The average molecular weight is 278 g/mol. The van der Waals surface area contributed by atoms with E-state index < -0.39 is 0 Å². The fourth-order valence-electron chi connectivity index (χ4n) is 2.22. The highest BCUT2D eigenvalue weighted by Crippen LogP contribution is 2.07. The van der Waals surface area contributed by atoms with Crippen LogP contribution in [0.15, 0.2) is 53.7 Å². The van der Waals surface area contributed by atoms with Gasteiger partial charge < -0.3 is 0 Å². The SMILES string of the molecule is O=c1c2ccccc2cnn1Cc1nc2ncccn2n1. The molecule has 102 valence electrons. The molecule has 1 aromatic carbocycles. The summed E-state index contributed by atoms with van der Waals surface area (Å²) in [6, 6.07) is 9.13. The van der Waals surface area contributed by atoms with Gasteiger partial charge >= 0.3 is 0 Å². The first kappa shape index (κ1) is 11.7. The van der Waals surface area contributed by atoms with Crippen LogP contribution in [0.4, 0.5) is 0 Å². The molecule has 0 N–H and O–H groups in total. The topological polar surface area (TPSA) is 78.0 Å². The van der Waals surface area contributed by atoms with Crippen molar-refractivity contribution in [3.63, 3.8) is 0 Å². The standard InChI is InChI=1S/C14H10N6O/c21-13-11-5-2-1-4-10(11)8-16-20(13)9-12-17-14-15-6-3-7-19(14)18-12/h1-8H,9H2. The van der Waals surface area contributed by atoms with Crippen LogP contribution in [0.3, 0.4) is 0 Å². The molecule has 0 spiro atoms. The Labute approximate surface area is 118 Å². The molecule has 0 aliphatic heterocycles. The van der Waals surface area contributed by atoms with Crippen molar-refractivity contribution in [1.29, 1.82) is 0 Å². The Balaban J connectivity index is 1.80. The van der Waals surface area contributed by atoms with Crippen LogP contribution in [-0.4, -0.2) is 29.4 Å². The number of nitrogens with zero attached hydrogens (tertiary/aromatic N) is 6. The summed E-state index contributed by atoms with van der Waals surface area (Å²) in [6.45, 7) is 0.215. The molecular formula is C14H10N6O. The maximum atomic E-state index is 12.4. The largest absolute Gasteiger partial charge is 0.275 e. The number of hydrogen-bond acceptors (Lipinski definition) is 5. The van der Waals surface area contributed by atoms with Crippen molar-refractivity contribution < 1.29 is 0 Å². The van der Waals surface area contributed by atoms with Crippen LogP contribution in [0.5, 0.6) is 0 Å². The van der Waals surface area contributed by atoms with Gasteiger partial charge in [0.15, 0.2) is 5.82 Å². The maximum Gasteiger partial charge on any atom is 0.275 e. The number of fused-ring (bicyclic) bond motifs is 2. The Morgan fingerprint density at radius 2 is 2.05 bits per heavy atom. The van der Waals surface area contributed by atoms with Gasteiger partial charge in [0, 0.05) is 17.8 Å². The number of hydrogen-bond donors (Lipinski definition) is 0. The van der Waals surface area contributed by atoms with Gasteiger partial charge in [0.2, 0.25) is 0 Å². The average Bonchev–Trinajstić information content (AvgIpc) is 2.93. The molecule has 4 aromatic rings. The lowest BCUT2D eigenvalue weighted by Crippen LogP contribution is -2.23. The van der Waals surface area contributed by atoms with Gasteiger partial charge in [0.25, 0.3) is 11.3 Å². The molecule has 3 aromatic heterocycles. The summed E-state index contributed by atoms with van der Waals surface area (Å²) in [7, 11) is 0. The van der Waals surface area contributed by atoms with E-state index in [1.165, 1.54) is 4.68 Å². The van der Waals surface area contributed by atoms with E-state index >= 15 is 0 Å². The molecule has 0 unspecified atom stereocenters. The highest BCUT2D eigenvalue weighted by atomic mass is 16.1. The van der Waals surface area contributed by atoms with Gasteiger partial charge in [-0.3, -0.25) is 4.79 Å². The van der Waals surface area contributed by atoms with E-state index in [4.69, 9.17) is 0 Å². The van der Waals surface area contributed by atoms with Gasteiger partial charge in [-0.1, -0.05) is 18.2 Å². The lowest BCUT2D eigenvalue weighted by molar-refractivity contribution is 0.621. The van der Waals surface area contributed by atoms with Crippen LogP contribution in [-0.2, 0) is 6.54 Å². The molecule has 0 aliphatic rings. The van der Waals surface area contributed by atoms with E-state index in [1.54, 1.807) is 35.2 Å². The van der Waals surface area contributed by atoms with Gasteiger partial charge in [-0.15, -0.1) is 5.10 Å². The number of aromatic nitrogens is 6. The smallest absolute Gasteiger partial charge is 0.267 e. The second-order valence-corrected chi connectivity index (χ2v) is 4.59. The van der Waals surface area contributed by atoms with E-state index in [9.17, 15) is 4.79 Å². The maximum absolute atomic E-state index is 12.4. The molecule has 0 amide bonds. The Kier molecular flexibility index (Phi) is 2.50. The Morgan fingerprint density at radius 1 is 1.14 bits per heavy atom. The lowest BCUT2D eigenvalue weighted by Gasteiger charge is -2.02. The molecule has 0 radical (unpaired) electrons. The summed E-state index contributed by atoms with van der Waals surface area (Å²) in [5, 5.41) is 9.90. The Bertz CT molecular complexity index is 970. The van der Waals surface area contributed by atoms with E-state index in [0.29, 0.717) is 17.0 Å². The molecule has 7 nitrogen and oxygen atoms in total. The monoisotopic (exact) mass is 278 g/mol. The van der Waals surface area contributed by atoms with Crippen LogP contribution >= 0.6 is 0 Å². The summed E-state index contributed by atoms with van der Waals surface area (Å²) in [4.78, 5) is 20.7. The fourth-order valence-corrected chi connectivity index (χ4v) is 2.22. The van der Waals surface area contributed by atoms with Crippen LogP contribution in [0.2, 0.25) is 0 Å². The predicted octanol–water partition coefficient (Wildman–Crippen LogP) is 0.882. The van der Waals surface area contributed by atoms with Crippen molar-refractivity contribution in [3.8, 4) is 0 Å². The molecular weight excluding hydrogens is 268 g/mol. The van der Waals surface area contributed by atoms with E-state index in [2.05, 4.69) is 20.2 Å². The van der Waals surface area contributed by atoms with Gasteiger partial charge in [-0.05, 0) is 12.1 Å². The van der Waals surface area contributed by atoms with Crippen LogP contribution in [0, 0.1) is 0 Å². The van der Waals surface area contributed by atoms with E-state index in [-0.39, 0.29) is 12.1 Å².